The number of nitrogens with one attached hydrogen (secondary N) is 1. The van der Waals surface area contributed by atoms with E-state index in [1.807, 2.05) is 12.1 Å². The third-order valence-corrected chi connectivity index (χ3v) is 5.32. The maximum atomic E-state index is 11.5. The lowest BCUT2D eigenvalue weighted by Crippen LogP contribution is -2.26. The van der Waals surface area contributed by atoms with E-state index >= 15 is 0 Å². The fourth-order valence-electron chi connectivity index (χ4n) is 3.19. The van der Waals surface area contributed by atoms with Crippen molar-refractivity contribution in [3.8, 4) is 11.1 Å². The van der Waals surface area contributed by atoms with Crippen molar-refractivity contribution >= 4 is 10.2 Å². The highest BCUT2D eigenvalue weighted by molar-refractivity contribution is 7.87. The highest BCUT2D eigenvalue weighted by atomic mass is 32.2. The minimum Gasteiger partial charge on any atom is -0.317 e. The molecule has 0 bridgehead atoms. The summed E-state index contributed by atoms with van der Waals surface area (Å²) in [5, 5.41) is 8.60. The highest BCUT2D eigenvalue weighted by Gasteiger charge is 2.17. The van der Waals surface area contributed by atoms with E-state index < -0.39 is 10.2 Å². The van der Waals surface area contributed by atoms with E-state index in [1.54, 1.807) is 13.0 Å². The van der Waals surface area contributed by atoms with Gasteiger partial charge in [0.25, 0.3) is 0 Å². The molecule has 5 nitrogen and oxygen atoms in total. The molecule has 0 saturated carbocycles. The van der Waals surface area contributed by atoms with Crippen molar-refractivity contribution in [2.24, 2.45) is 5.14 Å². The summed E-state index contributed by atoms with van der Waals surface area (Å²) in [7, 11) is -3.74. The van der Waals surface area contributed by atoms with Gasteiger partial charge in [0, 0.05) is 17.5 Å². The second kappa shape index (κ2) is 5.87. The number of piperidine rings is 1. The Morgan fingerprint density at radius 1 is 1.23 bits per heavy atom. The van der Waals surface area contributed by atoms with Crippen LogP contribution in [0.1, 0.15) is 30.0 Å². The van der Waals surface area contributed by atoms with Crippen molar-refractivity contribution in [3.05, 3.63) is 47.8 Å². The molecule has 3 rings (SSSR count). The van der Waals surface area contributed by atoms with Gasteiger partial charge in [-0.05, 0) is 56.0 Å². The third-order valence-electron chi connectivity index (χ3n) is 4.38. The molecule has 1 saturated heterocycles. The number of nitrogens with zero attached hydrogens (tertiary/aromatic N) is 1. The van der Waals surface area contributed by atoms with E-state index in [1.165, 1.54) is 11.8 Å². The van der Waals surface area contributed by atoms with Crippen molar-refractivity contribution in [2.45, 2.75) is 25.7 Å². The van der Waals surface area contributed by atoms with Crippen molar-refractivity contribution < 1.29 is 8.42 Å². The Kier molecular flexibility index (Phi) is 4.08. The Bertz CT molecular complexity index is 774. The predicted octanol–water partition coefficient (Wildman–Crippen LogP) is 1.98. The third kappa shape index (κ3) is 2.95. The summed E-state index contributed by atoms with van der Waals surface area (Å²) in [6.07, 6.45) is 3.79. The molecule has 0 amide bonds. The lowest BCUT2D eigenvalue weighted by molar-refractivity contribution is 0.460. The van der Waals surface area contributed by atoms with Gasteiger partial charge in [0.1, 0.15) is 0 Å². The van der Waals surface area contributed by atoms with E-state index in [4.69, 9.17) is 5.14 Å². The van der Waals surface area contributed by atoms with Gasteiger partial charge in [0.15, 0.2) is 0 Å². The van der Waals surface area contributed by atoms with Gasteiger partial charge in [-0.2, -0.15) is 8.42 Å². The quantitative estimate of drug-likeness (QED) is 0.908. The molecule has 1 aliphatic rings. The summed E-state index contributed by atoms with van der Waals surface area (Å²) in [5.74, 6) is 0.571. The molecular formula is C16H21N3O2S. The van der Waals surface area contributed by atoms with Gasteiger partial charge in [-0.3, -0.25) is 0 Å². The maximum absolute atomic E-state index is 11.5. The number of rotatable bonds is 3. The molecule has 0 spiro atoms. The summed E-state index contributed by atoms with van der Waals surface area (Å²) in [6.45, 7) is 3.88. The SMILES string of the molecule is Cc1c(-c2cccc(C3CCNCC3)c2)ccn1S(N)(=O)=O. The van der Waals surface area contributed by atoms with Crippen LogP contribution in [0.5, 0.6) is 0 Å². The van der Waals surface area contributed by atoms with Gasteiger partial charge in [-0.1, -0.05) is 24.3 Å². The standard InChI is InChI=1S/C16H21N3O2S/c1-12-16(7-10-19(12)22(17,20)21)15-4-2-3-14(11-15)13-5-8-18-9-6-13/h2-4,7,10-11,13,18H,5-6,8-9H2,1H3,(H2,17,20,21). The molecule has 0 aliphatic carbocycles. The Balaban J connectivity index is 1.97. The van der Waals surface area contributed by atoms with Crippen LogP contribution < -0.4 is 10.5 Å². The fraction of sp³-hybridized carbons (Fsp3) is 0.375. The molecule has 2 aromatic rings. The Morgan fingerprint density at radius 2 is 1.95 bits per heavy atom. The molecule has 6 heteroatoms. The first-order chi connectivity index (χ1) is 10.5. The zero-order chi connectivity index (χ0) is 15.7. The predicted molar refractivity (Wildman–Crippen MR) is 88.0 cm³/mol. The van der Waals surface area contributed by atoms with Crippen LogP contribution >= 0.6 is 0 Å². The smallest absolute Gasteiger partial charge is 0.302 e. The summed E-state index contributed by atoms with van der Waals surface area (Å²) in [6, 6.07) is 10.2. The van der Waals surface area contributed by atoms with Gasteiger partial charge in [0.05, 0.1) is 0 Å². The second-order valence-electron chi connectivity index (χ2n) is 5.81. The molecule has 118 valence electrons. The first kappa shape index (κ1) is 15.3. The summed E-state index contributed by atoms with van der Waals surface area (Å²) in [4.78, 5) is 0. The van der Waals surface area contributed by atoms with Gasteiger partial charge < -0.3 is 5.32 Å². The Labute approximate surface area is 131 Å². The number of hydrogen-bond donors (Lipinski definition) is 2. The zero-order valence-corrected chi connectivity index (χ0v) is 13.4. The molecule has 1 aromatic heterocycles. The minimum atomic E-state index is -3.74. The minimum absolute atomic E-state index is 0.571. The largest absolute Gasteiger partial charge is 0.317 e. The lowest BCUT2D eigenvalue weighted by Gasteiger charge is -2.23. The van der Waals surface area contributed by atoms with Crippen LogP contribution in [-0.2, 0) is 10.2 Å². The molecule has 0 radical (unpaired) electrons. The van der Waals surface area contributed by atoms with E-state index in [9.17, 15) is 8.42 Å². The van der Waals surface area contributed by atoms with Crippen LogP contribution in [-0.4, -0.2) is 25.5 Å². The summed E-state index contributed by atoms with van der Waals surface area (Å²) >= 11 is 0. The topological polar surface area (TPSA) is 77.1 Å². The number of nitrogens with two attached hydrogens (primary N) is 1. The van der Waals surface area contributed by atoms with Crippen LogP contribution in [0.4, 0.5) is 0 Å². The fourth-order valence-corrected chi connectivity index (χ4v) is 3.90. The van der Waals surface area contributed by atoms with E-state index in [0.717, 1.165) is 41.0 Å². The van der Waals surface area contributed by atoms with Gasteiger partial charge in [0.2, 0.25) is 0 Å². The molecule has 0 unspecified atom stereocenters. The molecule has 2 heterocycles. The average molecular weight is 319 g/mol. The van der Waals surface area contributed by atoms with Crippen molar-refractivity contribution in [2.75, 3.05) is 13.1 Å². The zero-order valence-electron chi connectivity index (χ0n) is 12.6. The normalized spacial score (nSPS) is 16.8. The molecule has 1 aromatic carbocycles. The van der Waals surface area contributed by atoms with Crippen LogP contribution in [0, 0.1) is 6.92 Å². The van der Waals surface area contributed by atoms with E-state index in [0.29, 0.717) is 11.6 Å². The number of aromatic nitrogens is 1. The molecule has 0 atom stereocenters. The maximum Gasteiger partial charge on any atom is 0.302 e. The second-order valence-corrected chi connectivity index (χ2v) is 7.23. The van der Waals surface area contributed by atoms with Crippen LogP contribution in [0.3, 0.4) is 0 Å². The number of benzene rings is 1. The monoisotopic (exact) mass is 319 g/mol. The van der Waals surface area contributed by atoms with E-state index in [2.05, 4.69) is 17.4 Å². The highest BCUT2D eigenvalue weighted by Crippen LogP contribution is 2.31. The Hall–Kier alpha value is -1.63. The van der Waals surface area contributed by atoms with Gasteiger partial charge in [-0.25, -0.2) is 9.11 Å². The van der Waals surface area contributed by atoms with Crippen molar-refractivity contribution in [3.63, 3.8) is 0 Å². The van der Waals surface area contributed by atoms with E-state index in [-0.39, 0.29) is 0 Å². The molecule has 22 heavy (non-hydrogen) atoms. The molecule has 3 N–H and O–H groups in total. The summed E-state index contributed by atoms with van der Waals surface area (Å²) < 4.78 is 24.2. The van der Waals surface area contributed by atoms with Crippen LogP contribution in [0.25, 0.3) is 11.1 Å². The summed E-state index contributed by atoms with van der Waals surface area (Å²) in [5.41, 5.74) is 3.91. The molecule has 1 fully saturated rings. The van der Waals surface area contributed by atoms with Crippen molar-refractivity contribution in [1.29, 1.82) is 0 Å². The Morgan fingerprint density at radius 3 is 2.59 bits per heavy atom. The average Bonchev–Trinajstić information content (AvgIpc) is 2.90. The lowest BCUT2D eigenvalue weighted by atomic mass is 9.88. The van der Waals surface area contributed by atoms with Crippen molar-refractivity contribution in [1.82, 2.24) is 9.29 Å². The first-order valence-corrected chi connectivity index (χ1v) is 8.99. The van der Waals surface area contributed by atoms with Crippen LogP contribution in [0.2, 0.25) is 0 Å². The number of hydrogen-bond acceptors (Lipinski definition) is 3. The van der Waals surface area contributed by atoms with Crippen LogP contribution in [0.15, 0.2) is 36.5 Å². The first-order valence-electron chi connectivity index (χ1n) is 7.49. The molecular weight excluding hydrogens is 298 g/mol. The van der Waals surface area contributed by atoms with Gasteiger partial charge >= 0.3 is 10.2 Å². The van der Waals surface area contributed by atoms with Gasteiger partial charge in [-0.15, -0.1) is 0 Å². The molecule has 1 aliphatic heterocycles.